The van der Waals surface area contributed by atoms with Crippen LogP contribution in [0.4, 0.5) is 0 Å². The predicted octanol–water partition coefficient (Wildman–Crippen LogP) is 3.01. The summed E-state index contributed by atoms with van der Waals surface area (Å²) in [4.78, 5) is 27.1. The summed E-state index contributed by atoms with van der Waals surface area (Å²) >= 11 is 0. The molecular weight excluding hydrogens is 290 g/mol. The van der Waals surface area contributed by atoms with E-state index in [1.807, 2.05) is 36.1 Å². The standard InChI is InChI=1S/C19H25NO3/c1-3-18(9-6-5-7-10-18)20-14-15(13-16(20)21)19(11-8-12-19)17(22)23-4-2/h3,5-7,9,15H,1,4,8,10-14H2,2H3/t15?,18-/m0/s1. The first kappa shape index (κ1) is 16.0. The Hall–Kier alpha value is -1.84. The van der Waals surface area contributed by atoms with E-state index < -0.39 is 11.0 Å². The van der Waals surface area contributed by atoms with Crippen LogP contribution >= 0.6 is 0 Å². The molecule has 2 aliphatic carbocycles. The topological polar surface area (TPSA) is 46.6 Å². The normalized spacial score (nSPS) is 31.8. The average Bonchev–Trinajstić information content (AvgIpc) is 2.90. The summed E-state index contributed by atoms with van der Waals surface area (Å²) in [6.45, 7) is 6.80. The number of allylic oxidation sites excluding steroid dienone is 2. The van der Waals surface area contributed by atoms with Crippen LogP contribution in [0.15, 0.2) is 37.0 Å². The van der Waals surface area contributed by atoms with Gasteiger partial charge in [-0.15, -0.1) is 6.58 Å². The third-order valence-electron chi connectivity index (χ3n) is 5.77. The van der Waals surface area contributed by atoms with Crippen LogP contribution in [0.25, 0.3) is 0 Å². The second-order valence-electron chi connectivity index (χ2n) is 6.82. The molecule has 0 spiro atoms. The van der Waals surface area contributed by atoms with Crippen molar-refractivity contribution in [3.05, 3.63) is 37.0 Å². The smallest absolute Gasteiger partial charge is 0.312 e. The molecule has 0 radical (unpaired) electrons. The van der Waals surface area contributed by atoms with Crippen LogP contribution in [0.1, 0.15) is 39.0 Å². The lowest BCUT2D eigenvalue weighted by molar-refractivity contribution is -0.166. The molecule has 1 amide bonds. The molecule has 23 heavy (non-hydrogen) atoms. The fourth-order valence-corrected chi connectivity index (χ4v) is 4.18. The zero-order valence-electron chi connectivity index (χ0n) is 13.8. The number of hydrogen-bond donors (Lipinski definition) is 0. The van der Waals surface area contributed by atoms with Gasteiger partial charge in [0.15, 0.2) is 0 Å². The van der Waals surface area contributed by atoms with Crippen molar-refractivity contribution in [1.82, 2.24) is 4.90 Å². The zero-order valence-corrected chi connectivity index (χ0v) is 13.8. The summed E-state index contributed by atoms with van der Waals surface area (Å²) in [7, 11) is 0. The number of hydrogen-bond acceptors (Lipinski definition) is 3. The van der Waals surface area contributed by atoms with E-state index in [1.165, 1.54) is 0 Å². The Bertz CT molecular complexity index is 573. The van der Waals surface area contributed by atoms with E-state index in [0.29, 0.717) is 19.6 Å². The van der Waals surface area contributed by atoms with Gasteiger partial charge >= 0.3 is 5.97 Å². The van der Waals surface area contributed by atoms with Crippen molar-refractivity contribution in [2.75, 3.05) is 13.2 Å². The summed E-state index contributed by atoms with van der Waals surface area (Å²) in [5, 5.41) is 0. The average molecular weight is 315 g/mol. The molecule has 1 heterocycles. The molecule has 0 bridgehead atoms. The molecule has 2 fully saturated rings. The first-order chi connectivity index (χ1) is 11.1. The second kappa shape index (κ2) is 5.99. The first-order valence-corrected chi connectivity index (χ1v) is 8.53. The fraction of sp³-hybridized carbons (Fsp3) is 0.579. The lowest BCUT2D eigenvalue weighted by Gasteiger charge is -2.44. The zero-order chi connectivity index (χ0) is 16.5. The highest BCUT2D eigenvalue weighted by Gasteiger charge is 2.56. The van der Waals surface area contributed by atoms with Crippen molar-refractivity contribution >= 4 is 11.9 Å². The van der Waals surface area contributed by atoms with E-state index in [2.05, 4.69) is 12.7 Å². The van der Waals surface area contributed by atoms with Crippen molar-refractivity contribution in [3.63, 3.8) is 0 Å². The SMILES string of the molecule is C=C[C@]1(N2CC(C3(C(=O)OCC)CCC3)CC2=O)C=CC=CC1. The van der Waals surface area contributed by atoms with Crippen LogP contribution < -0.4 is 0 Å². The maximum absolute atomic E-state index is 12.7. The number of nitrogens with zero attached hydrogens (tertiary/aromatic N) is 1. The fourth-order valence-electron chi connectivity index (χ4n) is 4.18. The summed E-state index contributed by atoms with van der Waals surface area (Å²) in [6, 6.07) is 0. The van der Waals surface area contributed by atoms with Gasteiger partial charge in [-0.25, -0.2) is 0 Å². The van der Waals surface area contributed by atoms with Crippen LogP contribution in [0, 0.1) is 11.3 Å². The molecule has 1 saturated carbocycles. The van der Waals surface area contributed by atoms with Gasteiger partial charge in [-0.3, -0.25) is 9.59 Å². The molecule has 4 heteroatoms. The van der Waals surface area contributed by atoms with E-state index in [-0.39, 0.29) is 17.8 Å². The van der Waals surface area contributed by atoms with Gasteiger partial charge < -0.3 is 9.64 Å². The lowest BCUT2D eigenvalue weighted by atomic mass is 9.60. The lowest BCUT2D eigenvalue weighted by Crippen LogP contribution is -2.50. The van der Waals surface area contributed by atoms with Crippen LogP contribution in [-0.4, -0.2) is 35.5 Å². The van der Waals surface area contributed by atoms with Crippen LogP contribution in [0.5, 0.6) is 0 Å². The highest BCUT2D eigenvalue weighted by Crippen LogP contribution is 2.52. The van der Waals surface area contributed by atoms with Gasteiger partial charge in [0.05, 0.1) is 17.6 Å². The highest BCUT2D eigenvalue weighted by molar-refractivity contribution is 5.84. The largest absolute Gasteiger partial charge is 0.466 e. The summed E-state index contributed by atoms with van der Waals surface area (Å²) in [5.74, 6) is 0.0574. The van der Waals surface area contributed by atoms with E-state index in [4.69, 9.17) is 4.74 Å². The number of rotatable bonds is 5. The minimum Gasteiger partial charge on any atom is -0.466 e. The summed E-state index contributed by atoms with van der Waals surface area (Å²) in [5.41, 5.74) is -0.892. The quantitative estimate of drug-likeness (QED) is 0.579. The molecular formula is C19H25NO3. The molecule has 0 aromatic heterocycles. The Morgan fingerprint density at radius 1 is 1.48 bits per heavy atom. The number of amides is 1. The van der Waals surface area contributed by atoms with Gasteiger partial charge in [-0.05, 0) is 26.2 Å². The Labute approximate surface area is 137 Å². The molecule has 1 saturated heterocycles. The second-order valence-corrected chi connectivity index (χ2v) is 6.82. The van der Waals surface area contributed by atoms with Crippen molar-refractivity contribution in [2.24, 2.45) is 11.3 Å². The maximum Gasteiger partial charge on any atom is 0.312 e. The summed E-state index contributed by atoms with van der Waals surface area (Å²) < 4.78 is 5.31. The number of carbonyl (C=O) groups is 2. The van der Waals surface area contributed by atoms with Crippen molar-refractivity contribution in [2.45, 2.75) is 44.6 Å². The van der Waals surface area contributed by atoms with Crippen molar-refractivity contribution in [3.8, 4) is 0 Å². The molecule has 2 atom stereocenters. The molecule has 1 aliphatic heterocycles. The van der Waals surface area contributed by atoms with E-state index in [1.54, 1.807) is 0 Å². The van der Waals surface area contributed by atoms with E-state index in [0.717, 1.165) is 25.7 Å². The Morgan fingerprint density at radius 3 is 2.78 bits per heavy atom. The van der Waals surface area contributed by atoms with Gasteiger partial charge in [0.25, 0.3) is 0 Å². The van der Waals surface area contributed by atoms with E-state index in [9.17, 15) is 9.59 Å². The van der Waals surface area contributed by atoms with Crippen molar-refractivity contribution in [1.29, 1.82) is 0 Å². The monoisotopic (exact) mass is 315 g/mol. The molecule has 3 aliphatic rings. The van der Waals surface area contributed by atoms with E-state index >= 15 is 0 Å². The van der Waals surface area contributed by atoms with Gasteiger partial charge in [-0.2, -0.15) is 0 Å². The number of esters is 1. The maximum atomic E-state index is 12.7. The molecule has 124 valence electrons. The van der Waals surface area contributed by atoms with Crippen molar-refractivity contribution < 1.29 is 14.3 Å². The van der Waals surface area contributed by atoms with Gasteiger partial charge in [-0.1, -0.05) is 36.8 Å². The number of ether oxygens (including phenoxy) is 1. The minimum absolute atomic E-state index is 0.0546. The van der Waals surface area contributed by atoms with Gasteiger partial charge in [0, 0.05) is 18.9 Å². The Balaban J connectivity index is 1.82. The first-order valence-electron chi connectivity index (χ1n) is 8.53. The molecule has 0 N–H and O–H groups in total. The minimum atomic E-state index is -0.447. The summed E-state index contributed by atoms with van der Waals surface area (Å²) in [6.07, 6.45) is 13.8. The molecule has 1 unspecified atom stereocenters. The molecule has 0 aromatic rings. The Morgan fingerprint density at radius 2 is 2.26 bits per heavy atom. The molecule has 3 rings (SSSR count). The number of likely N-dealkylation sites (tertiary alicyclic amines) is 1. The van der Waals surface area contributed by atoms with Crippen LogP contribution in [0.3, 0.4) is 0 Å². The van der Waals surface area contributed by atoms with Crippen LogP contribution in [-0.2, 0) is 14.3 Å². The highest BCUT2D eigenvalue weighted by atomic mass is 16.5. The predicted molar refractivity (Wildman–Crippen MR) is 88.6 cm³/mol. The third kappa shape index (κ3) is 2.44. The molecule has 0 aromatic carbocycles. The third-order valence-corrected chi connectivity index (χ3v) is 5.77. The van der Waals surface area contributed by atoms with Gasteiger partial charge in [0.1, 0.15) is 0 Å². The van der Waals surface area contributed by atoms with Gasteiger partial charge in [0.2, 0.25) is 5.91 Å². The number of carbonyl (C=O) groups excluding carboxylic acids is 2. The Kier molecular flexibility index (Phi) is 4.17. The molecule has 4 nitrogen and oxygen atoms in total. The van der Waals surface area contributed by atoms with Crippen LogP contribution in [0.2, 0.25) is 0 Å².